The van der Waals surface area contributed by atoms with E-state index in [1.807, 2.05) is 6.07 Å². The molecule has 1 aromatic carbocycles. The molecule has 2 amide bonds. The summed E-state index contributed by atoms with van der Waals surface area (Å²) >= 11 is 0. The maximum Gasteiger partial charge on any atom is 0.288 e. The maximum atomic E-state index is 12.0. The summed E-state index contributed by atoms with van der Waals surface area (Å²) in [5.74, 6) is -0.0575. The quantitative estimate of drug-likeness (QED) is 0.348. The van der Waals surface area contributed by atoms with Gasteiger partial charge in [-0.1, -0.05) is 24.3 Å². The van der Waals surface area contributed by atoms with Crippen LogP contribution in [0.2, 0.25) is 0 Å². The first-order chi connectivity index (χ1) is 14.1. The van der Waals surface area contributed by atoms with Gasteiger partial charge in [-0.05, 0) is 24.3 Å². The Morgan fingerprint density at radius 2 is 1.59 bits per heavy atom. The lowest BCUT2D eigenvalue weighted by Gasteiger charge is -2.13. The van der Waals surface area contributed by atoms with Crippen LogP contribution in [0, 0.1) is 0 Å². The zero-order valence-corrected chi connectivity index (χ0v) is 15.1. The smallest absolute Gasteiger partial charge is 0.288 e. The highest BCUT2D eigenvalue weighted by atomic mass is 16.5. The molecule has 0 bridgehead atoms. The molecule has 148 valence electrons. The molecule has 0 saturated carbocycles. The van der Waals surface area contributed by atoms with Crippen molar-refractivity contribution >= 4 is 29.1 Å². The Hall–Kier alpha value is -4.41. The summed E-state index contributed by atoms with van der Waals surface area (Å²) in [5, 5.41) is 0. The van der Waals surface area contributed by atoms with Crippen molar-refractivity contribution in [3.63, 3.8) is 0 Å². The van der Waals surface area contributed by atoms with Gasteiger partial charge in [-0.3, -0.25) is 36.3 Å². The van der Waals surface area contributed by atoms with Crippen LogP contribution in [0.3, 0.4) is 0 Å². The molecule has 0 fully saturated rings. The second-order valence-electron chi connectivity index (χ2n) is 5.55. The van der Waals surface area contributed by atoms with Crippen LogP contribution in [-0.2, 0) is 4.79 Å². The van der Waals surface area contributed by atoms with Gasteiger partial charge >= 0.3 is 0 Å². The third kappa shape index (κ3) is 5.53. The van der Waals surface area contributed by atoms with Gasteiger partial charge in [0.15, 0.2) is 18.2 Å². The second-order valence-corrected chi connectivity index (χ2v) is 5.55. The fraction of sp³-hybridized carbons (Fsp3) is 0.0556. The molecule has 0 aliphatic carbocycles. The Morgan fingerprint density at radius 1 is 0.897 bits per heavy atom. The minimum absolute atomic E-state index is 0.0816. The lowest BCUT2D eigenvalue weighted by atomic mass is 10.3. The number of hydrogen-bond donors (Lipinski definition) is 5. The number of nitrogen functional groups attached to an aromatic ring is 1. The number of aromatic nitrogens is 3. The van der Waals surface area contributed by atoms with E-state index >= 15 is 0 Å². The standard InChI is InChI=1S/C18H18N8O3/c19-15-16(24-23-14(27)10-29-12-6-2-1-3-7-12)21-11-22-17(15)25-26-18(28)13-8-4-5-9-20-13/h1-9,11H,10,19H2,(H,23,27)(H,26,28)(H2,21,22,24,25). The van der Waals surface area contributed by atoms with Gasteiger partial charge in [-0.25, -0.2) is 9.97 Å². The van der Waals surface area contributed by atoms with Gasteiger partial charge in [-0.2, -0.15) is 0 Å². The number of pyridine rings is 1. The molecular weight excluding hydrogens is 376 g/mol. The number of nitrogens with one attached hydrogen (secondary N) is 4. The summed E-state index contributed by atoms with van der Waals surface area (Å²) in [7, 11) is 0. The molecule has 0 atom stereocenters. The van der Waals surface area contributed by atoms with Crippen molar-refractivity contribution in [2.75, 3.05) is 23.2 Å². The van der Waals surface area contributed by atoms with Gasteiger partial charge < -0.3 is 10.5 Å². The predicted octanol–water partition coefficient (Wildman–Crippen LogP) is 0.733. The zero-order valence-electron chi connectivity index (χ0n) is 15.1. The van der Waals surface area contributed by atoms with Gasteiger partial charge in [0.05, 0.1) is 0 Å². The number of hydrogen-bond acceptors (Lipinski definition) is 9. The largest absolute Gasteiger partial charge is 0.484 e. The number of carbonyl (C=O) groups excluding carboxylic acids is 2. The number of nitrogens with zero attached hydrogens (tertiary/aromatic N) is 3. The highest BCUT2D eigenvalue weighted by molar-refractivity contribution is 5.93. The van der Waals surface area contributed by atoms with E-state index in [1.165, 1.54) is 12.5 Å². The van der Waals surface area contributed by atoms with Gasteiger partial charge in [0.1, 0.15) is 23.5 Å². The number of anilines is 3. The fourth-order valence-electron chi connectivity index (χ4n) is 2.10. The van der Waals surface area contributed by atoms with Gasteiger partial charge in [0, 0.05) is 6.20 Å². The molecule has 2 aromatic heterocycles. The number of benzene rings is 1. The van der Waals surface area contributed by atoms with Crippen molar-refractivity contribution in [3.8, 4) is 5.75 Å². The second kappa shape index (κ2) is 9.50. The lowest BCUT2D eigenvalue weighted by molar-refractivity contribution is -0.122. The molecule has 0 radical (unpaired) electrons. The van der Waals surface area contributed by atoms with Crippen LogP contribution in [0.5, 0.6) is 5.75 Å². The summed E-state index contributed by atoms with van der Waals surface area (Å²) in [6.45, 7) is -0.201. The van der Waals surface area contributed by atoms with Crippen molar-refractivity contribution in [1.29, 1.82) is 0 Å². The van der Waals surface area contributed by atoms with E-state index in [2.05, 4.69) is 36.7 Å². The van der Waals surface area contributed by atoms with E-state index in [0.717, 1.165) is 0 Å². The zero-order chi connectivity index (χ0) is 20.5. The average Bonchev–Trinajstić information content (AvgIpc) is 2.77. The van der Waals surface area contributed by atoms with Crippen LogP contribution in [0.4, 0.5) is 17.3 Å². The molecule has 0 spiro atoms. The van der Waals surface area contributed by atoms with Crippen LogP contribution >= 0.6 is 0 Å². The molecule has 0 aliphatic heterocycles. The normalized spacial score (nSPS) is 9.93. The molecule has 3 aromatic rings. The van der Waals surface area contributed by atoms with Gasteiger partial charge in [0.2, 0.25) is 0 Å². The van der Waals surface area contributed by atoms with Crippen LogP contribution in [0.25, 0.3) is 0 Å². The SMILES string of the molecule is Nc1c(NNC(=O)COc2ccccc2)ncnc1NNC(=O)c1ccccn1. The molecule has 29 heavy (non-hydrogen) atoms. The summed E-state index contributed by atoms with van der Waals surface area (Å²) in [6, 6.07) is 13.9. The van der Waals surface area contributed by atoms with Gasteiger partial charge in [0.25, 0.3) is 11.8 Å². The number of rotatable bonds is 8. The molecule has 11 nitrogen and oxygen atoms in total. The van der Waals surface area contributed by atoms with Crippen molar-refractivity contribution in [2.24, 2.45) is 0 Å². The highest BCUT2D eigenvalue weighted by Gasteiger charge is 2.11. The first-order valence-corrected chi connectivity index (χ1v) is 8.44. The lowest BCUT2D eigenvalue weighted by Crippen LogP contribution is -2.35. The molecule has 0 aliphatic rings. The number of ether oxygens (including phenoxy) is 1. The Labute approximate surface area is 165 Å². The Kier molecular flexibility index (Phi) is 6.34. The Bertz CT molecular complexity index is 969. The topological polar surface area (TPSA) is 156 Å². The van der Waals surface area contributed by atoms with E-state index in [-0.39, 0.29) is 29.6 Å². The van der Waals surface area contributed by atoms with E-state index in [0.29, 0.717) is 5.75 Å². The Morgan fingerprint density at radius 3 is 2.28 bits per heavy atom. The third-order valence-corrected chi connectivity index (χ3v) is 3.51. The van der Waals surface area contributed by atoms with Crippen molar-refractivity contribution in [1.82, 2.24) is 25.8 Å². The third-order valence-electron chi connectivity index (χ3n) is 3.51. The molecule has 11 heteroatoms. The fourth-order valence-corrected chi connectivity index (χ4v) is 2.10. The molecule has 2 heterocycles. The van der Waals surface area contributed by atoms with Crippen LogP contribution in [0.15, 0.2) is 61.1 Å². The van der Waals surface area contributed by atoms with E-state index in [9.17, 15) is 9.59 Å². The maximum absolute atomic E-state index is 12.0. The van der Waals surface area contributed by atoms with Crippen LogP contribution in [-0.4, -0.2) is 33.4 Å². The van der Waals surface area contributed by atoms with Gasteiger partial charge in [-0.15, -0.1) is 0 Å². The monoisotopic (exact) mass is 394 g/mol. The van der Waals surface area contributed by atoms with E-state index in [1.54, 1.807) is 42.5 Å². The number of para-hydroxylation sites is 1. The number of nitrogens with two attached hydrogens (primary N) is 1. The molecule has 6 N–H and O–H groups in total. The summed E-state index contributed by atoms with van der Waals surface area (Å²) in [5.41, 5.74) is 16.3. The van der Waals surface area contributed by atoms with Crippen molar-refractivity contribution in [2.45, 2.75) is 0 Å². The average molecular weight is 394 g/mol. The first kappa shape index (κ1) is 19.4. The minimum atomic E-state index is -0.468. The first-order valence-electron chi connectivity index (χ1n) is 8.44. The highest BCUT2D eigenvalue weighted by Crippen LogP contribution is 2.20. The molecule has 3 rings (SSSR count). The summed E-state index contributed by atoms with van der Waals surface area (Å²) in [6.07, 6.45) is 2.71. The predicted molar refractivity (Wildman–Crippen MR) is 105 cm³/mol. The molecular formula is C18H18N8O3. The molecule has 0 saturated heterocycles. The number of carbonyl (C=O) groups is 2. The van der Waals surface area contributed by atoms with E-state index in [4.69, 9.17) is 10.5 Å². The number of hydrazine groups is 2. The van der Waals surface area contributed by atoms with Crippen LogP contribution in [0.1, 0.15) is 10.5 Å². The minimum Gasteiger partial charge on any atom is -0.484 e. The van der Waals surface area contributed by atoms with Crippen LogP contribution < -0.4 is 32.2 Å². The number of amides is 2. The van der Waals surface area contributed by atoms with Crippen molar-refractivity contribution in [3.05, 3.63) is 66.7 Å². The summed E-state index contributed by atoms with van der Waals surface area (Å²) in [4.78, 5) is 35.7. The van der Waals surface area contributed by atoms with E-state index < -0.39 is 11.8 Å². The molecule has 0 unspecified atom stereocenters. The summed E-state index contributed by atoms with van der Waals surface area (Å²) < 4.78 is 5.34. The van der Waals surface area contributed by atoms with Crippen molar-refractivity contribution < 1.29 is 14.3 Å². The Balaban J connectivity index is 1.51.